The van der Waals surface area contributed by atoms with Gasteiger partial charge in [0.2, 0.25) is 0 Å². The van der Waals surface area contributed by atoms with Crippen LogP contribution in [0.25, 0.3) is 0 Å². The predicted octanol–water partition coefficient (Wildman–Crippen LogP) is 1.95. The molecule has 0 N–H and O–H groups in total. The largest absolute Gasteiger partial charge is 0.486 e. The minimum absolute atomic E-state index is 0.0595. The highest BCUT2D eigenvalue weighted by atomic mass is 16.6. The molecule has 0 aromatic heterocycles. The fourth-order valence-electron chi connectivity index (χ4n) is 2.60. The third-order valence-electron chi connectivity index (χ3n) is 3.61. The molecule has 1 aliphatic heterocycles. The van der Waals surface area contributed by atoms with Crippen molar-refractivity contribution < 1.29 is 28.6 Å². The maximum atomic E-state index is 12.4. The summed E-state index contributed by atoms with van der Waals surface area (Å²) in [5.74, 6) is -2.00. The summed E-state index contributed by atoms with van der Waals surface area (Å²) >= 11 is 0. The van der Waals surface area contributed by atoms with Crippen molar-refractivity contribution in [2.24, 2.45) is 0 Å². The summed E-state index contributed by atoms with van der Waals surface area (Å²) in [5.41, 5.74) is 0.493. The van der Waals surface area contributed by atoms with Gasteiger partial charge in [-0.1, -0.05) is 0 Å². The second kappa shape index (κ2) is 6.93. The maximum Gasteiger partial charge on any atom is 0.355 e. The number of ketones is 1. The molecule has 1 aromatic carbocycles. The van der Waals surface area contributed by atoms with Gasteiger partial charge in [-0.2, -0.15) is 5.26 Å². The molecule has 132 valence electrons. The Morgan fingerprint density at radius 1 is 1.36 bits per heavy atom. The first-order chi connectivity index (χ1) is 11.7. The molecule has 1 aromatic rings. The predicted molar refractivity (Wildman–Crippen MR) is 86.1 cm³/mol. The Kier molecular flexibility index (Phi) is 5.12. The number of nitriles is 1. The normalized spacial score (nSPS) is 15.3. The van der Waals surface area contributed by atoms with Gasteiger partial charge >= 0.3 is 11.9 Å². The molecule has 2 rings (SSSR count). The average molecular weight is 345 g/mol. The summed E-state index contributed by atoms with van der Waals surface area (Å²) < 4.78 is 15.5. The number of carbonyl (C=O) groups is 3. The van der Waals surface area contributed by atoms with Gasteiger partial charge in [0.25, 0.3) is 6.10 Å². The van der Waals surface area contributed by atoms with Crippen LogP contribution in [0.5, 0.6) is 5.75 Å². The molecule has 0 saturated carbocycles. The highest BCUT2D eigenvalue weighted by Gasteiger charge is 2.34. The molecular formula is C18H19NO6. The molecule has 0 saturated heterocycles. The maximum absolute atomic E-state index is 12.4. The van der Waals surface area contributed by atoms with Gasteiger partial charge in [-0.3, -0.25) is 4.79 Å². The quantitative estimate of drug-likeness (QED) is 0.593. The van der Waals surface area contributed by atoms with E-state index in [-0.39, 0.29) is 17.7 Å². The summed E-state index contributed by atoms with van der Waals surface area (Å²) in [6.07, 6.45) is -1.11. The highest BCUT2D eigenvalue weighted by Crippen LogP contribution is 2.38. The topological polar surface area (TPSA) is 103 Å². The van der Waals surface area contributed by atoms with E-state index in [4.69, 9.17) is 14.2 Å². The molecule has 0 aliphatic carbocycles. The molecule has 1 aliphatic rings. The number of carbonyl (C=O) groups excluding carboxylic acids is 3. The monoisotopic (exact) mass is 345 g/mol. The number of nitrogens with zero attached hydrogens (tertiary/aromatic N) is 1. The van der Waals surface area contributed by atoms with E-state index >= 15 is 0 Å². The summed E-state index contributed by atoms with van der Waals surface area (Å²) in [5, 5.41) is 9.30. The first kappa shape index (κ1) is 18.5. The van der Waals surface area contributed by atoms with Gasteiger partial charge < -0.3 is 14.2 Å². The minimum atomic E-state index is -1.63. The summed E-state index contributed by atoms with van der Waals surface area (Å²) in [6.45, 7) is 6.52. The van der Waals surface area contributed by atoms with Crippen molar-refractivity contribution in [3.05, 3.63) is 28.8 Å². The van der Waals surface area contributed by atoms with E-state index in [1.54, 1.807) is 13.0 Å². The van der Waals surface area contributed by atoms with Gasteiger partial charge in [-0.05, 0) is 39.8 Å². The molecule has 1 atom stereocenters. The van der Waals surface area contributed by atoms with Crippen molar-refractivity contribution in [1.29, 1.82) is 5.26 Å². The van der Waals surface area contributed by atoms with Crippen molar-refractivity contribution in [3.63, 3.8) is 0 Å². The Morgan fingerprint density at radius 3 is 2.60 bits per heavy atom. The van der Waals surface area contributed by atoms with Crippen LogP contribution in [0.4, 0.5) is 0 Å². The van der Waals surface area contributed by atoms with Gasteiger partial charge in [0.1, 0.15) is 17.4 Å². The van der Waals surface area contributed by atoms with Gasteiger partial charge in [-0.25, -0.2) is 9.59 Å². The molecule has 0 radical (unpaired) electrons. The zero-order chi connectivity index (χ0) is 18.8. The molecule has 7 heteroatoms. The third-order valence-corrected chi connectivity index (χ3v) is 3.61. The first-order valence-corrected chi connectivity index (χ1v) is 7.82. The standard InChI is InChI=1S/C18H19NO6/c1-5-23-17(22)14(10(2)20)24-16(21)11-6-12-8-18(3,4)25-15(12)13(7-11)9-19/h6-7,14H,5,8H2,1-4H3. The molecule has 0 spiro atoms. The Hall–Kier alpha value is -2.88. The van der Waals surface area contributed by atoms with Crippen molar-refractivity contribution in [2.45, 2.75) is 45.8 Å². The zero-order valence-corrected chi connectivity index (χ0v) is 14.5. The van der Waals surface area contributed by atoms with E-state index in [1.165, 1.54) is 6.07 Å². The van der Waals surface area contributed by atoms with E-state index < -0.39 is 29.4 Å². The molecule has 25 heavy (non-hydrogen) atoms. The number of rotatable bonds is 5. The smallest absolute Gasteiger partial charge is 0.355 e. The van der Waals surface area contributed by atoms with Crippen molar-refractivity contribution in [2.75, 3.05) is 6.61 Å². The zero-order valence-electron chi connectivity index (χ0n) is 14.5. The summed E-state index contributed by atoms with van der Waals surface area (Å²) in [4.78, 5) is 35.7. The Balaban J connectivity index is 2.30. The molecule has 1 unspecified atom stereocenters. The lowest BCUT2D eigenvalue weighted by molar-refractivity contribution is -0.157. The number of esters is 2. The second-order valence-electron chi connectivity index (χ2n) is 6.31. The van der Waals surface area contributed by atoms with Crippen LogP contribution in [0.1, 0.15) is 49.2 Å². The van der Waals surface area contributed by atoms with Crippen LogP contribution in [0.3, 0.4) is 0 Å². The molecule has 1 heterocycles. The van der Waals surface area contributed by atoms with Crippen LogP contribution < -0.4 is 4.74 Å². The van der Waals surface area contributed by atoms with Crippen LogP contribution in [-0.4, -0.2) is 36.0 Å². The van der Waals surface area contributed by atoms with Crippen molar-refractivity contribution >= 4 is 17.7 Å². The third kappa shape index (κ3) is 3.97. The lowest BCUT2D eigenvalue weighted by atomic mass is 9.98. The minimum Gasteiger partial charge on any atom is -0.486 e. The SMILES string of the molecule is CCOC(=O)C(OC(=O)c1cc(C#N)c2c(c1)CC(C)(C)O2)C(C)=O. The molecule has 0 bridgehead atoms. The number of hydrogen-bond acceptors (Lipinski definition) is 7. The van der Waals surface area contributed by atoms with E-state index in [2.05, 4.69) is 0 Å². The van der Waals surface area contributed by atoms with E-state index in [9.17, 15) is 19.6 Å². The number of Topliss-reactive ketones (excluding diaryl/α,β-unsaturated/α-hetero) is 1. The number of ether oxygens (including phenoxy) is 3. The van der Waals surface area contributed by atoms with Crippen LogP contribution in [0.2, 0.25) is 0 Å². The fourth-order valence-corrected chi connectivity index (χ4v) is 2.60. The Bertz CT molecular complexity index is 775. The average Bonchev–Trinajstić information content (AvgIpc) is 2.84. The Labute approximate surface area is 145 Å². The molecular weight excluding hydrogens is 326 g/mol. The molecule has 0 fully saturated rings. The lowest BCUT2D eigenvalue weighted by Crippen LogP contribution is -2.35. The van der Waals surface area contributed by atoms with Crippen LogP contribution in [0.15, 0.2) is 12.1 Å². The van der Waals surface area contributed by atoms with E-state index in [1.807, 2.05) is 19.9 Å². The first-order valence-electron chi connectivity index (χ1n) is 7.82. The second-order valence-corrected chi connectivity index (χ2v) is 6.31. The van der Waals surface area contributed by atoms with Crippen LogP contribution >= 0.6 is 0 Å². The van der Waals surface area contributed by atoms with Crippen molar-refractivity contribution in [1.82, 2.24) is 0 Å². The van der Waals surface area contributed by atoms with Gasteiger partial charge in [0.05, 0.1) is 17.7 Å². The Morgan fingerprint density at radius 2 is 2.04 bits per heavy atom. The molecule has 0 amide bonds. The van der Waals surface area contributed by atoms with Crippen LogP contribution in [0, 0.1) is 11.3 Å². The van der Waals surface area contributed by atoms with E-state index in [0.717, 1.165) is 6.92 Å². The summed E-state index contributed by atoms with van der Waals surface area (Å²) in [7, 11) is 0. The van der Waals surface area contributed by atoms with Gasteiger partial charge in [-0.15, -0.1) is 0 Å². The molecule has 7 nitrogen and oxygen atoms in total. The van der Waals surface area contributed by atoms with Crippen molar-refractivity contribution in [3.8, 4) is 11.8 Å². The highest BCUT2D eigenvalue weighted by molar-refractivity contribution is 6.04. The number of hydrogen-bond donors (Lipinski definition) is 0. The van der Waals surface area contributed by atoms with Gasteiger partial charge in [0, 0.05) is 12.0 Å². The lowest BCUT2D eigenvalue weighted by Gasteiger charge is -2.17. The van der Waals surface area contributed by atoms with Gasteiger partial charge in [0.15, 0.2) is 5.78 Å². The summed E-state index contributed by atoms with van der Waals surface area (Å²) in [6, 6.07) is 4.86. The van der Waals surface area contributed by atoms with E-state index in [0.29, 0.717) is 17.7 Å². The van der Waals surface area contributed by atoms with Crippen LogP contribution in [-0.2, 0) is 25.5 Å². The fraction of sp³-hybridized carbons (Fsp3) is 0.444. The number of benzene rings is 1. The number of fused-ring (bicyclic) bond motifs is 1.